The maximum absolute atomic E-state index is 11.7. The van der Waals surface area contributed by atoms with Crippen LogP contribution in [-0.4, -0.2) is 14.1 Å². The van der Waals surface area contributed by atoms with Gasteiger partial charge in [0.05, 0.1) is 6.26 Å². The maximum Gasteiger partial charge on any atom is 0.257 e. The fraction of sp³-hybridized carbons (Fsp3) is 0.824. The number of allylic oxidation sites excluding steroid dienone is 1. The van der Waals surface area contributed by atoms with E-state index in [2.05, 4.69) is 48.5 Å². The zero-order valence-electron chi connectivity index (χ0n) is 14.7. The molecular weight excluding hydrogens is 264 g/mol. The molecule has 0 N–H and O–H groups in total. The van der Waals surface area contributed by atoms with Gasteiger partial charge in [0, 0.05) is 5.57 Å². The molecule has 118 valence electrons. The summed E-state index contributed by atoms with van der Waals surface area (Å²) >= 11 is 0. The summed E-state index contributed by atoms with van der Waals surface area (Å²) in [4.78, 5) is 11.7. The molecule has 0 saturated carbocycles. The van der Waals surface area contributed by atoms with E-state index in [-0.39, 0.29) is 5.78 Å². The van der Waals surface area contributed by atoms with E-state index in [1.165, 1.54) is 0 Å². The summed E-state index contributed by atoms with van der Waals surface area (Å²) in [6, 6.07) is 0. The van der Waals surface area contributed by atoms with Crippen molar-refractivity contribution in [3.05, 3.63) is 11.8 Å². The molecule has 0 spiro atoms. The molecule has 0 rings (SSSR count). The van der Waals surface area contributed by atoms with Crippen LogP contribution in [0.4, 0.5) is 0 Å². The van der Waals surface area contributed by atoms with E-state index in [1.54, 1.807) is 6.92 Å². The Hall–Kier alpha value is -0.573. The van der Waals surface area contributed by atoms with Crippen molar-refractivity contribution < 1.29 is 9.22 Å². The largest absolute Gasteiger partial charge is 0.548 e. The van der Waals surface area contributed by atoms with E-state index >= 15 is 0 Å². The molecule has 0 bridgehead atoms. The molecule has 2 nitrogen and oxygen atoms in total. The lowest BCUT2D eigenvalue weighted by Gasteiger charge is -2.41. The van der Waals surface area contributed by atoms with Crippen LogP contribution in [0.25, 0.3) is 0 Å². The van der Waals surface area contributed by atoms with E-state index < -0.39 is 8.32 Å². The van der Waals surface area contributed by atoms with Gasteiger partial charge in [-0.15, -0.1) is 0 Å². The molecule has 0 heterocycles. The molecule has 0 aromatic heterocycles. The molecule has 0 unspecified atom stereocenters. The molecule has 0 amide bonds. The minimum absolute atomic E-state index is 0.151. The lowest BCUT2D eigenvalue weighted by atomic mass is 10.1. The van der Waals surface area contributed by atoms with Crippen LogP contribution in [0, 0.1) is 0 Å². The average Bonchev–Trinajstić information content (AvgIpc) is 2.31. The number of hydrogen-bond acceptors (Lipinski definition) is 2. The van der Waals surface area contributed by atoms with Crippen molar-refractivity contribution in [2.45, 2.75) is 91.3 Å². The predicted octanol–water partition coefficient (Wildman–Crippen LogP) is 5.84. The van der Waals surface area contributed by atoms with Crippen LogP contribution < -0.4 is 0 Å². The molecule has 0 aliphatic heterocycles. The van der Waals surface area contributed by atoms with Crippen molar-refractivity contribution in [1.82, 2.24) is 0 Å². The lowest BCUT2D eigenvalue weighted by molar-refractivity contribution is -0.113. The fourth-order valence-corrected chi connectivity index (χ4v) is 8.43. The first kappa shape index (κ1) is 19.4. The predicted molar refractivity (Wildman–Crippen MR) is 90.4 cm³/mol. The van der Waals surface area contributed by atoms with Crippen LogP contribution >= 0.6 is 0 Å². The van der Waals surface area contributed by atoms with Crippen molar-refractivity contribution in [3.8, 4) is 0 Å². The van der Waals surface area contributed by atoms with Gasteiger partial charge in [-0.2, -0.15) is 0 Å². The SMILES string of the molecule is CCCC/C(=C\O[Si](C(C)C)(C(C)C)C(C)C)C(C)=O. The van der Waals surface area contributed by atoms with E-state index in [0.29, 0.717) is 16.6 Å². The summed E-state index contributed by atoms with van der Waals surface area (Å²) in [5.74, 6) is 0.151. The minimum atomic E-state index is -1.90. The first-order valence-electron chi connectivity index (χ1n) is 8.07. The summed E-state index contributed by atoms with van der Waals surface area (Å²) in [5.41, 5.74) is 2.47. The fourth-order valence-electron chi connectivity index (χ4n) is 3.27. The highest BCUT2D eigenvalue weighted by Gasteiger charge is 2.46. The quantitative estimate of drug-likeness (QED) is 0.303. The average molecular weight is 299 g/mol. The van der Waals surface area contributed by atoms with Gasteiger partial charge in [0.1, 0.15) is 0 Å². The Bertz CT molecular complexity index is 308. The van der Waals surface area contributed by atoms with Gasteiger partial charge in [-0.05, 0) is 36.4 Å². The highest BCUT2D eigenvalue weighted by atomic mass is 28.4. The van der Waals surface area contributed by atoms with Gasteiger partial charge in [0.15, 0.2) is 5.78 Å². The monoisotopic (exact) mass is 298 g/mol. The van der Waals surface area contributed by atoms with Gasteiger partial charge in [0.2, 0.25) is 0 Å². The summed E-state index contributed by atoms with van der Waals surface area (Å²) in [7, 11) is -1.90. The van der Waals surface area contributed by atoms with Gasteiger partial charge >= 0.3 is 0 Å². The molecule has 0 atom stereocenters. The molecule has 0 aliphatic carbocycles. The Morgan fingerprint density at radius 2 is 1.50 bits per heavy atom. The molecular formula is C17H34O2Si. The normalized spacial score (nSPS) is 13.4. The Labute approximate surface area is 127 Å². The van der Waals surface area contributed by atoms with Gasteiger partial charge < -0.3 is 4.43 Å². The zero-order chi connectivity index (χ0) is 15.9. The van der Waals surface area contributed by atoms with Gasteiger partial charge in [-0.3, -0.25) is 4.79 Å². The topological polar surface area (TPSA) is 26.3 Å². The lowest BCUT2D eigenvalue weighted by Crippen LogP contribution is -2.46. The number of hydrogen-bond donors (Lipinski definition) is 0. The summed E-state index contributed by atoms with van der Waals surface area (Å²) in [6.07, 6.45) is 4.80. The Balaban J connectivity index is 5.29. The van der Waals surface area contributed by atoms with Crippen LogP contribution in [0.5, 0.6) is 0 Å². The molecule has 3 heteroatoms. The highest BCUT2D eigenvalue weighted by Crippen LogP contribution is 2.42. The summed E-state index contributed by atoms with van der Waals surface area (Å²) < 4.78 is 6.39. The zero-order valence-corrected chi connectivity index (χ0v) is 15.7. The Morgan fingerprint density at radius 1 is 1.05 bits per heavy atom. The standard InChI is InChI=1S/C17H34O2Si/c1-9-10-11-17(16(8)18)12-19-20(13(2)3,14(4)5)15(6)7/h12-15H,9-11H2,1-8H3/b17-12+. The van der Waals surface area contributed by atoms with E-state index in [4.69, 9.17) is 4.43 Å². The van der Waals surface area contributed by atoms with E-state index in [1.807, 2.05) is 6.26 Å². The number of ketones is 1. The second kappa shape index (κ2) is 8.66. The smallest absolute Gasteiger partial charge is 0.257 e. The number of unbranched alkanes of at least 4 members (excludes halogenated alkanes) is 1. The maximum atomic E-state index is 11.7. The van der Waals surface area contributed by atoms with E-state index in [9.17, 15) is 4.79 Å². The Kier molecular flexibility index (Phi) is 8.41. The number of Topliss-reactive ketones (excluding diaryl/α,β-unsaturated/α-hetero) is 1. The van der Waals surface area contributed by atoms with Crippen molar-refractivity contribution >= 4 is 14.1 Å². The van der Waals surface area contributed by atoms with Gasteiger partial charge in [0.25, 0.3) is 8.32 Å². The second-order valence-corrected chi connectivity index (χ2v) is 12.1. The van der Waals surface area contributed by atoms with Crippen molar-refractivity contribution in [3.63, 3.8) is 0 Å². The van der Waals surface area contributed by atoms with Crippen molar-refractivity contribution in [2.75, 3.05) is 0 Å². The molecule has 20 heavy (non-hydrogen) atoms. The third-order valence-electron chi connectivity index (χ3n) is 4.36. The Morgan fingerprint density at radius 3 is 1.80 bits per heavy atom. The van der Waals surface area contributed by atoms with Crippen LogP contribution in [0.1, 0.15) is 74.7 Å². The van der Waals surface area contributed by atoms with Crippen molar-refractivity contribution in [2.24, 2.45) is 0 Å². The first-order valence-corrected chi connectivity index (χ1v) is 10.2. The van der Waals surface area contributed by atoms with Gasteiger partial charge in [-0.25, -0.2) is 0 Å². The van der Waals surface area contributed by atoms with Crippen LogP contribution in [0.2, 0.25) is 16.6 Å². The number of carbonyl (C=O) groups is 1. The number of rotatable bonds is 9. The third kappa shape index (κ3) is 4.76. The van der Waals surface area contributed by atoms with Gasteiger partial charge in [-0.1, -0.05) is 54.9 Å². The van der Waals surface area contributed by atoms with Crippen LogP contribution in [-0.2, 0) is 9.22 Å². The summed E-state index contributed by atoms with van der Waals surface area (Å²) in [6.45, 7) is 17.4. The highest BCUT2D eigenvalue weighted by molar-refractivity contribution is 6.77. The molecule has 0 aromatic rings. The van der Waals surface area contributed by atoms with E-state index in [0.717, 1.165) is 24.8 Å². The number of carbonyl (C=O) groups excluding carboxylic acids is 1. The summed E-state index contributed by atoms with van der Waals surface area (Å²) in [5, 5.41) is 0. The third-order valence-corrected chi connectivity index (χ3v) is 10.3. The minimum Gasteiger partial charge on any atom is -0.548 e. The first-order chi connectivity index (χ1) is 9.20. The van der Waals surface area contributed by atoms with Crippen molar-refractivity contribution in [1.29, 1.82) is 0 Å². The molecule has 0 saturated heterocycles. The molecule has 0 radical (unpaired) electrons. The van der Waals surface area contributed by atoms with Crippen LogP contribution in [0.15, 0.2) is 11.8 Å². The molecule has 0 aromatic carbocycles. The molecule has 0 fully saturated rings. The second-order valence-electron chi connectivity index (χ2n) is 6.74. The molecule has 0 aliphatic rings. The van der Waals surface area contributed by atoms with Crippen LogP contribution in [0.3, 0.4) is 0 Å².